The number of hydrogen-bond donors (Lipinski definition) is 6. The molecule has 0 spiro atoms. The SMILES string of the molecule is CCC(C)(c1ccc(O)cc1)c1c(C)c(C)c(O)c(-c2ccccc2)c1C.O=P(O)(O)OP(=O)(O)O. The van der Waals surface area contributed by atoms with Gasteiger partial charge in [0.05, 0.1) is 0 Å². The van der Waals surface area contributed by atoms with Crippen molar-refractivity contribution in [2.24, 2.45) is 0 Å². The Bertz CT molecular complexity index is 1280. The molecular weight excluding hydrogens is 506 g/mol. The van der Waals surface area contributed by atoms with Crippen LogP contribution in [0.25, 0.3) is 11.1 Å². The molecule has 0 aliphatic rings. The Labute approximate surface area is 210 Å². The second kappa shape index (κ2) is 11.3. The van der Waals surface area contributed by atoms with Crippen molar-refractivity contribution < 1.29 is 43.2 Å². The van der Waals surface area contributed by atoms with Gasteiger partial charge in [-0.3, -0.25) is 0 Å². The first-order chi connectivity index (χ1) is 16.5. The number of aromatic hydroxyl groups is 2. The van der Waals surface area contributed by atoms with Gasteiger partial charge in [-0.1, -0.05) is 56.3 Å². The summed E-state index contributed by atoms with van der Waals surface area (Å²) in [6.07, 6.45) is 0.915. The van der Waals surface area contributed by atoms with Crippen LogP contribution in [0.5, 0.6) is 11.5 Å². The van der Waals surface area contributed by atoms with Gasteiger partial charge in [-0.25, -0.2) is 9.13 Å². The fraction of sp³-hybridized carbons (Fsp3) is 0.280. The van der Waals surface area contributed by atoms with E-state index >= 15 is 0 Å². The predicted octanol–water partition coefficient (Wildman–Crippen LogP) is 5.59. The molecule has 196 valence electrons. The second-order valence-corrected chi connectivity index (χ2v) is 11.3. The second-order valence-electron chi connectivity index (χ2n) is 8.63. The molecular formula is C25H32O9P2. The molecule has 36 heavy (non-hydrogen) atoms. The van der Waals surface area contributed by atoms with Crippen molar-refractivity contribution in [2.75, 3.05) is 0 Å². The van der Waals surface area contributed by atoms with Gasteiger partial charge in [-0.2, -0.15) is 4.31 Å². The Morgan fingerprint density at radius 1 is 0.778 bits per heavy atom. The van der Waals surface area contributed by atoms with Gasteiger partial charge in [-0.05, 0) is 72.7 Å². The summed E-state index contributed by atoms with van der Waals surface area (Å²) in [4.78, 5) is 31.0. The lowest BCUT2D eigenvalue weighted by atomic mass is 9.69. The number of phosphoric acid groups is 2. The van der Waals surface area contributed by atoms with Gasteiger partial charge in [0, 0.05) is 11.0 Å². The third-order valence-electron chi connectivity index (χ3n) is 6.32. The van der Waals surface area contributed by atoms with E-state index in [4.69, 9.17) is 19.6 Å². The summed E-state index contributed by atoms with van der Waals surface area (Å²) < 4.78 is 22.2. The van der Waals surface area contributed by atoms with Crippen molar-refractivity contribution in [3.63, 3.8) is 0 Å². The maximum Gasteiger partial charge on any atom is 0.478 e. The van der Waals surface area contributed by atoms with Crippen LogP contribution in [0.2, 0.25) is 0 Å². The molecule has 0 bridgehead atoms. The van der Waals surface area contributed by atoms with Gasteiger partial charge >= 0.3 is 15.6 Å². The predicted molar refractivity (Wildman–Crippen MR) is 138 cm³/mol. The van der Waals surface area contributed by atoms with Gasteiger partial charge in [0.15, 0.2) is 0 Å². The highest BCUT2D eigenvalue weighted by Gasteiger charge is 2.33. The molecule has 0 fully saturated rings. The third-order valence-corrected chi connectivity index (χ3v) is 8.02. The van der Waals surface area contributed by atoms with Crippen LogP contribution in [-0.2, 0) is 18.9 Å². The fourth-order valence-electron chi connectivity index (χ4n) is 4.42. The van der Waals surface area contributed by atoms with Crippen LogP contribution < -0.4 is 0 Å². The molecule has 1 atom stereocenters. The molecule has 11 heteroatoms. The van der Waals surface area contributed by atoms with Gasteiger partial charge in [0.2, 0.25) is 0 Å². The van der Waals surface area contributed by atoms with Crippen LogP contribution >= 0.6 is 15.6 Å². The molecule has 0 aliphatic carbocycles. The monoisotopic (exact) mass is 538 g/mol. The van der Waals surface area contributed by atoms with Crippen molar-refractivity contribution in [3.05, 3.63) is 82.4 Å². The zero-order valence-corrected chi connectivity index (χ0v) is 22.5. The Hall–Kier alpha value is -2.48. The number of rotatable bonds is 6. The highest BCUT2D eigenvalue weighted by atomic mass is 31.3. The van der Waals surface area contributed by atoms with Crippen molar-refractivity contribution >= 4 is 15.6 Å². The molecule has 0 saturated carbocycles. The summed E-state index contributed by atoms with van der Waals surface area (Å²) >= 11 is 0. The smallest absolute Gasteiger partial charge is 0.478 e. The summed E-state index contributed by atoms with van der Waals surface area (Å²) in [6.45, 7) is 10.6. The van der Waals surface area contributed by atoms with Crippen molar-refractivity contribution in [1.82, 2.24) is 0 Å². The van der Waals surface area contributed by atoms with E-state index < -0.39 is 15.6 Å². The third kappa shape index (κ3) is 7.05. The van der Waals surface area contributed by atoms with E-state index in [2.05, 4.69) is 32.0 Å². The molecule has 3 rings (SSSR count). The van der Waals surface area contributed by atoms with Crippen LogP contribution in [0, 0.1) is 20.8 Å². The largest absolute Gasteiger partial charge is 0.508 e. The lowest BCUT2D eigenvalue weighted by molar-refractivity contribution is 0.225. The Morgan fingerprint density at radius 2 is 1.28 bits per heavy atom. The number of hydrogen-bond acceptors (Lipinski definition) is 5. The average Bonchev–Trinajstić information content (AvgIpc) is 2.77. The summed E-state index contributed by atoms with van der Waals surface area (Å²) in [5.74, 6) is 0.640. The van der Waals surface area contributed by atoms with Crippen LogP contribution in [-0.4, -0.2) is 29.8 Å². The lowest BCUT2D eigenvalue weighted by Gasteiger charge is -2.35. The van der Waals surface area contributed by atoms with E-state index in [1.165, 1.54) is 5.56 Å². The van der Waals surface area contributed by atoms with E-state index in [1.807, 2.05) is 49.4 Å². The molecule has 1 unspecified atom stereocenters. The molecule has 0 radical (unpaired) electrons. The van der Waals surface area contributed by atoms with Crippen molar-refractivity contribution in [3.8, 4) is 22.6 Å². The Balaban J connectivity index is 0.000000434. The van der Waals surface area contributed by atoms with Crippen LogP contribution in [0.1, 0.15) is 48.1 Å². The summed E-state index contributed by atoms with van der Waals surface area (Å²) in [6, 6.07) is 17.6. The van der Waals surface area contributed by atoms with Crippen LogP contribution in [0.15, 0.2) is 54.6 Å². The van der Waals surface area contributed by atoms with Gasteiger partial charge in [0.1, 0.15) is 11.5 Å². The molecule has 0 heterocycles. The van der Waals surface area contributed by atoms with Crippen LogP contribution in [0.4, 0.5) is 0 Å². The average molecular weight is 538 g/mol. The Kier molecular flexibility index (Phi) is 9.32. The minimum Gasteiger partial charge on any atom is -0.508 e. The van der Waals surface area contributed by atoms with E-state index in [-0.39, 0.29) is 11.2 Å². The number of benzene rings is 3. The van der Waals surface area contributed by atoms with E-state index in [0.29, 0.717) is 5.75 Å². The fourth-order valence-corrected chi connectivity index (χ4v) is 5.52. The molecule has 0 saturated heterocycles. The topological polar surface area (TPSA) is 165 Å². The van der Waals surface area contributed by atoms with Gasteiger partial charge in [0.25, 0.3) is 0 Å². The normalized spacial score (nSPS) is 13.5. The standard InChI is InChI=1S/C25H28O2.H4O7P2/c1-6-25(5,20-12-14-21(26)15-13-20)23-16(2)17(3)24(27)22(18(23)4)19-10-8-7-9-11-19;1-8(2,3)7-9(4,5)6/h7-15,26-27H,6H2,1-5H3;(H2,1,2,3)(H2,4,5,6). The van der Waals surface area contributed by atoms with Crippen molar-refractivity contribution in [1.29, 1.82) is 0 Å². The maximum absolute atomic E-state index is 10.9. The minimum absolute atomic E-state index is 0.218. The van der Waals surface area contributed by atoms with Crippen LogP contribution in [0.3, 0.4) is 0 Å². The molecule has 0 aromatic heterocycles. The van der Waals surface area contributed by atoms with E-state index in [1.54, 1.807) is 12.1 Å². The molecule has 0 aliphatic heterocycles. The zero-order valence-electron chi connectivity index (χ0n) is 20.7. The molecule has 3 aromatic rings. The summed E-state index contributed by atoms with van der Waals surface area (Å²) in [7, 11) is -10.1. The summed E-state index contributed by atoms with van der Waals surface area (Å²) in [5.41, 5.74) is 7.30. The first-order valence-electron chi connectivity index (χ1n) is 11.0. The van der Waals surface area contributed by atoms with E-state index in [9.17, 15) is 19.3 Å². The Morgan fingerprint density at radius 3 is 1.69 bits per heavy atom. The first kappa shape index (κ1) is 29.7. The number of phenolic OH excluding ortho intramolecular Hbond substituents is 2. The van der Waals surface area contributed by atoms with Crippen molar-refractivity contribution in [2.45, 2.75) is 46.5 Å². The highest BCUT2D eigenvalue weighted by molar-refractivity contribution is 7.60. The van der Waals surface area contributed by atoms with Gasteiger partial charge < -0.3 is 29.8 Å². The molecule has 6 N–H and O–H groups in total. The zero-order chi connectivity index (χ0) is 27.5. The van der Waals surface area contributed by atoms with Gasteiger partial charge in [-0.15, -0.1) is 0 Å². The summed E-state index contributed by atoms with van der Waals surface area (Å²) in [5, 5.41) is 20.7. The number of phenols is 2. The highest BCUT2D eigenvalue weighted by Crippen LogP contribution is 2.54. The molecule has 3 aromatic carbocycles. The quantitative estimate of drug-likeness (QED) is 0.219. The molecule has 9 nitrogen and oxygen atoms in total. The first-order valence-corrected chi connectivity index (χ1v) is 14.1. The van der Waals surface area contributed by atoms with E-state index in [0.717, 1.165) is 39.8 Å². The molecule has 0 amide bonds. The maximum atomic E-state index is 10.9. The lowest BCUT2D eigenvalue weighted by Crippen LogP contribution is -2.26. The minimum atomic E-state index is -5.05.